The van der Waals surface area contributed by atoms with Crippen LogP contribution in [0.3, 0.4) is 0 Å². The Bertz CT molecular complexity index is 402. The molecule has 2 rings (SSSR count). The molecule has 1 aromatic heterocycles. The number of ether oxygens (including phenoxy) is 1. The number of amides is 1. The Morgan fingerprint density at radius 2 is 2.19 bits per heavy atom. The van der Waals surface area contributed by atoms with E-state index < -0.39 is 0 Å². The van der Waals surface area contributed by atoms with E-state index in [1.54, 1.807) is 26.2 Å². The normalized spacial score (nSPS) is 14.4. The second kappa shape index (κ2) is 4.38. The van der Waals surface area contributed by atoms with Crippen molar-refractivity contribution in [3.63, 3.8) is 0 Å². The second-order valence-corrected chi connectivity index (χ2v) is 3.69. The van der Waals surface area contributed by atoms with Crippen molar-refractivity contribution < 1.29 is 9.53 Å². The van der Waals surface area contributed by atoms with Gasteiger partial charge in [0.15, 0.2) is 11.4 Å². The van der Waals surface area contributed by atoms with Gasteiger partial charge in [0.25, 0.3) is 5.91 Å². The predicted molar refractivity (Wildman–Crippen MR) is 60.8 cm³/mol. The third kappa shape index (κ3) is 2.24. The van der Waals surface area contributed by atoms with Crippen molar-refractivity contribution in [2.45, 2.75) is 18.9 Å². The van der Waals surface area contributed by atoms with Crippen molar-refractivity contribution in [3.8, 4) is 5.75 Å². The summed E-state index contributed by atoms with van der Waals surface area (Å²) in [5.41, 5.74) is 0.334. The van der Waals surface area contributed by atoms with Gasteiger partial charge in [-0.3, -0.25) is 4.79 Å². The summed E-state index contributed by atoms with van der Waals surface area (Å²) < 4.78 is 5.63. The minimum Gasteiger partial charge on any atom is -0.488 e. The summed E-state index contributed by atoms with van der Waals surface area (Å²) in [6.07, 6.45) is 2.37. The van der Waals surface area contributed by atoms with Crippen molar-refractivity contribution in [1.29, 1.82) is 0 Å². The van der Waals surface area contributed by atoms with Crippen molar-refractivity contribution in [3.05, 3.63) is 17.8 Å². The third-order valence-electron chi connectivity index (χ3n) is 2.37. The van der Waals surface area contributed by atoms with Crippen LogP contribution in [0.25, 0.3) is 0 Å². The fourth-order valence-corrected chi connectivity index (χ4v) is 1.33. The van der Waals surface area contributed by atoms with Gasteiger partial charge in [-0.05, 0) is 25.0 Å². The Kier molecular flexibility index (Phi) is 2.94. The number of rotatable bonds is 4. The monoisotopic (exact) mass is 221 g/mol. The van der Waals surface area contributed by atoms with Gasteiger partial charge in [-0.15, -0.1) is 0 Å². The number of hydrogen-bond donors (Lipinski definition) is 2. The molecule has 1 amide bonds. The molecular weight excluding hydrogens is 206 g/mol. The number of pyridine rings is 1. The molecule has 0 spiro atoms. The van der Waals surface area contributed by atoms with Crippen LogP contribution in [0.1, 0.15) is 23.3 Å². The van der Waals surface area contributed by atoms with Gasteiger partial charge in [0.2, 0.25) is 0 Å². The van der Waals surface area contributed by atoms with Crippen LogP contribution in [-0.4, -0.2) is 31.1 Å². The molecule has 0 atom stereocenters. The quantitative estimate of drug-likeness (QED) is 0.797. The average Bonchev–Trinajstić information content (AvgIpc) is 3.12. The maximum atomic E-state index is 11.6. The van der Waals surface area contributed by atoms with E-state index in [9.17, 15) is 4.79 Å². The lowest BCUT2D eigenvalue weighted by molar-refractivity contribution is 0.0953. The number of anilines is 1. The topological polar surface area (TPSA) is 63.2 Å². The Labute approximate surface area is 94.2 Å². The largest absolute Gasteiger partial charge is 0.488 e. The molecule has 0 unspecified atom stereocenters. The number of carbonyl (C=O) groups excluding carboxylic acids is 1. The van der Waals surface area contributed by atoms with E-state index in [1.165, 1.54) is 0 Å². The van der Waals surface area contributed by atoms with Crippen LogP contribution in [0.4, 0.5) is 5.82 Å². The summed E-state index contributed by atoms with van der Waals surface area (Å²) in [6, 6.07) is 3.58. The lowest BCUT2D eigenvalue weighted by Crippen LogP contribution is -2.21. The molecule has 86 valence electrons. The highest BCUT2D eigenvalue weighted by molar-refractivity contribution is 5.95. The number of carbonyl (C=O) groups is 1. The highest BCUT2D eigenvalue weighted by Crippen LogP contribution is 2.29. The summed E-state index contributed by atoms with van der Waals surface area (Å²) in [5, 5.41) is 5.45. The van der Waals surface area contributed by atoms with Gasteiger partial charge < -0.3 is 15.4 Å². The van der Waals surface area contributed by atoms with Crippen LogP contribution in [0.15, 0.2) is 12.1 Å². The van der Waals surface area contributed by atoms with Crippen molar-refractivity contribution in [2.75, 3.05) is 19.4 Å². The molecule has 1 aliphatic carbocycles. The van der Waals surface area contributed by atoms with E-state index >= 15 is 0 Å². The van der Waals surface area contributed by atoms with Gasteiger partial charge in [0.1, 0.15) is 5.82 Å². The molecule has 0 aliphatic heterocycles. The fourth-order valence-electron chi connectivity index (χ4n) is 1.33. The molecule has 0 aromatic carbocycles. The van der Waals surface area contributed by atoms with Crippen LogP contribution in [-0.2, 0) is 0 Å². The zero-order chi connectivity index (χ0) is 11.5. The van der Waals surface area contributed by atoms with Crippen LogP contribution in [0, 0.1) is 0 Å². The molecule has 1 aliphatic rings. The summed E-state index contributed by atoms with van der Waals surface area (Å²) in [7, 11) is 3.34. The molecule has 16 heavy (non-hydrogen) atoms. The molecule has 0 saturated heterocycles. The second-order valence-electron chi connectivity index (χ2n) is 3.69. The molecule has 1 aromatic rings. The van der Waals surface area contributed by atoms with E-state index in [4.69, 9.17) is 4.74 Å². The van der Waals surface area contributed by atoms with Crippen LogP contribution >= 0.6 is 0 Å². The number of nitrogens with one attached hydrogen (secondary N) is 2. The zero-order valence-corrected chi connectivity index (χ0v) is 9.41. The molecule has 5 heteroatoms. The number of hydrogen-bond acceptors (Lipinski definition) is 4. The SMILES string of the molecule is CNC(=O)c1nc(NC)ccc1OC1CC1. The van der Waals surface area contributed by atoms with Gasteiger partial charge in [-0.1, -0.05) is 0 Å². The summed E-state index contributed by atoms with van der Waals surface area (Å²) in [4.78, 5) is 15.8. The Morgan fingerprint density at radius 1 is 1.44 bits per heavy atom. The van der Waals surface area contributed by atoms with Gasteiger partial charge >= 0.3 is 0 Å². The Balaban J connectivity index is 2.29. The molecule has 0 bridgehead atoms. The van der Waals surface area contributed by atoms with Crippen molar-refractivity contribution >= 4 is 11.7 Å². The van der Waals surface area contributed by atoms with Crippen LogP contribution in [0.5, 0.6) is 5.75 Å². The number of aromatic nitrogens is 1. The summed E-state index contributed by atoms with van der Waals surface area (Å²) >= 11 is 0. The maximum absolute atomic E-state index is 11.6. The Morgan fingerprint density at radius 3 is 2.75 bits per heavy atom. The summed E-state index contributed by atoms with van der Waals surface area (Å²) in [6.45, 7) is 0. The van der Waals surface area contributed by atoms with Gasteiger partial charge in [0, 0.05) is 14.1 Å². The molecule has 5 nitrogen and oxygen atoms in total. The lowest BCUT2D eigenvalue weighted by atomic mass is 10.3. The van der Waals surface area contributed by atoms with E-state index in [0.717, 1.165) is 12.8 Å². The molecule has 1 fully saturated rings. The molecule has 1 saturated carbocycles. The standard InChI is InChI=1S/C11H15N3O2/c1-12-9-6-5-8(16-7-3-4-7)10(14-9)11(15)13-2/h5-7H,3-4H2,1-2H3,(H,12,14)(H,13,15). The maximum Gasteiger partial charge on any atom is 0.273 e. The molecule has 1 heterocycles. The van der Waals surface area contributed by atoms with E-state index in [-0.39, 0.29) is 12.0 Å². The first-order valence-electron chi connectivity index (χ1n) is 5.32. The number of nitrogens with zero attached hydrogens (tertiary/aromatic N) is 1. The van der Waals surface area contributed by atoms with E-state index in [1.807, 2.05) is 0 Å². The van der Waals surface area contributed by atoms with E-state index in [2.05, 4.69) is 15.6 Å². The smallest absolute Gasteiger partial charge is 0.273 e. The highest BCUT2D eigenvalue weighted by atomic mass is 16.5. The average molecular weight is 221 g/mol. The highest BCUT2D eigenvalue weighted by Gasteiger charge is 2.26. The molecule has 0 radical (unpaired) electrons. The van der Waals surface area contributed by atoms with Crippen LogP contribution in [0.2, 0.25) is 0 Å². The predicted octanol–water partition coefficient (Wildman–Crippen LogP) is 1.02. The van der Waals surface area contributed by atoms with Crippen molar-refractivity contribution in [1.82, 2.24) is 10.3 Å². The van der Waals surface area contributed by atoms with Crippen LogP contribution < -0.4 is 15.4 Å². The summed E-state index contributed by atoms with van der Waals surface area (Å²) in [5.74, 6) is 0.982. The first kappa shape index (κ1) is 10.7. The first-order chi connectivity index (χ1) is 7.74. The molecule has 2 N–H and O–H groups in total. The molecular formula is C11H15N3O2. The third-order valence-corrected chi connectivity index (χ3v) is 2.37. The Hall–Kier alpha value is -1.78. The van der Waals surface area contributed by atoms with Gasteiger partial charge in [0.05, 0.1) is 6.10 Å². The van der Waals surface area contributed by atoms with Gasteiger partial charge in [-0.2, -0.15) is 0 Å². The zero-order valence-electron chi connectivity index (χ0n) is 9.41. The van der Waals surface area contributed by atoms with Crippen molar-refractivity contribution in [2.24, 2.45) is 0 Å². The first-order valence-corrected chi connectivity index (χ1v) is 5.32. The van der Waals surface area contributed by atoms with E-state index in [0.29, 0.717) is 17.3 Å². The van der Waals surface area contributed by atoms with Gasteiger partial charge in [-0.25, -0.2) is 4.98 Å². The lowest BCUT2D eigenvalue weighted by Gasteiger charge is -2.10. The minimum atomic E-state index is -0.229. The minimum absolute atomic E-state index is 0.229. The fraction of sp³-hybridized carbons (Fsp3) is 0.455.